The van der Waals surface area contributed by atoms with Crippen molar-refractivity contribution in [2.75, 3.05) is 5.32 Å². The highest BCUT2D eigenvalue weighted by Crippen LogP contribution is 2.32. The fourth-order valence-electron chi connectivity index (χ4n) is 1.69. The molecule has 0 aromatic heterocycles. The second kappa shape index (κ2) is 3.98. The summed E-state index contributed by atoms with van der Waals surface area (Å²) in [5.74, 6) is 0.295. The smallest absolute Gasteiger partial charge is 0.168 e. The molecule has 0 amide bonds. The largest absolute Gasteiger partial charge is 0.507 e. The second-order valence-electron chi connectivity index (χ2n) is 3.62. The zero-order valence-electron chi connectivity index (χ0n) is 8.82. The van der Waals surface area contributed by atoms with Crippen molar-refractivity contribution in [3.8, 4) is 5.75 Å². The molecular formula is C12H12N2OS. The first-order valence-corrected chi connectivity index (χ1v) is 5.28. The molecule has 0 radical (unpaired) electrons. The number of nitrogens with two attached hydrogens (primary N) is 1. The number of hydrogen-bond donors (Lipinski definition) is 3. The highest BCUT2D eigenvalue weighted by Gasteiger charge is 2.06. The highest BCUT2D eigenvalue weighted by atomic mass is 32.1. The molecule has 0 spiro atoms. The first-order valence-electron chi connectivity index (χ1n) is 4.87. The van der Waals surface area contributed by atoms with E-state index in [0.29, 0.717) is 5.75 Å². The number of phenolic OH excluding ortho intramolecular Hbond substituents is 1. The van der Waals surface area contributed by atoms with Crippen molar-refractivity contribution in [2.24, 2.45) is 5.73 Å². The molecule has 0 atom stereocenters. The van der Waals surface area contributed by atoms with Gasteiger partial charge >= 0.3 is 0 Å². The van der Waals surface area contributed by atoms with E-state index < -0.39 is 0 Å². The SMILES string of the molecule is Cc1ccc2c(NC(N)=S)cccc2c1O. The Balaban J connectivity index is 2.69. The van der Waals surface area contributed by atoms with E-state index in [1.807, 2.05) is 37.3 Å². The number of phenols is 1. The molecule has 2 aromatic carbocycles. The van der Waals surface area contributed by atoms with Crippen molar-refractivity contribution in [2.45, 2.75) is 6.92 Å². The van der Waals surface area contributed by atoms with Gasteiger partial charge in [0.15, 0.2) is 5.11 Å². The Morgan fingerprint density at radius 1 is 1.25 bits per heavy atom. The molecule has 16 heavy (non-hydrogen) atoms. The van der Waals surface area contributed by atoms with Crippen molar-refractivity contribution in [3.63, 3.8) is 0 Å². The molecule has 82 valence electrons. The van der Waals surface area contributed by atoms with Crippen LogP contribution in [0.4, 0.5) is 5.69 Å². The van der Waals surface area contributed by atoms with Gasteiger partial charge in [-0.05, 0) is 30.8 Å². The van der Waals surface area contributed by atoms with Crippen LogP contribution in [0.15, 0.2) is 30.3 Å². The van der Waals surface area contributed by atoms with Crippen molar-refractivity contribution >= 4 is 33.8 Å². The minimum Gasteiger partial charge on any atom is -0.507 e. The first kappa shape index (κ1) is 10.7. The molecule has 3 nitrogen and oxygen atoms in total. The molecule has 0 fully saturated rings. The third-order valence-corrected chi connectivity index (χ3v) is 2.59. The fraction of sp³-hybridized carbons (Fsp3) is 0.0833. The Kier molecular flexibility index (Phi) is 2.66. The molecule has 4 heteroatoms. The molecule has 2 rings (SSSR count). The van der Waals surface area contributed by atoms with E-state index >= 15 is 0 Å². The number of hydrogen-bond acceptors (Lipinski definition) is 2. The van der Waals surface area contributed by atoms with E-state index in [4.69, 9.17) is 18.0 Å². The lowest BCUT2D eigenvalue weighted by atomic mass is 10.0. The monoisotopic (exact) mass is 232 g/mol. The van der Waals surface area contributed by atoms with Gasteiger partial charge in [-0.15, -0.1) is 0 Å². The van der Waals surface area contributed by atoms with Crippen LogP contribution < -0.4 is 11.1 Å². The third-order valence-electron chi connectivity index (χ3n) is 2.49. The summed E-state index contributed by atoms with van der Waals surface area (Å²) in [5, 5.41) is 14.7. The normalized spacial score (nSPS) is 10.3. The van der Waals surface area contributed by atoms with Gasteiger partial charge < -0.3 is 16.2 Å². The Morgan fingerprint density at radius 2 is 2.00 bits per heavy atom. The summed E-state index contributed by atoms with van der Waals surface area (Å²) in [7, 11) is 0. The van der Waals surface area contributed by atoms with Crippen LogP contribution in [0.1, 0.15) is 5.56 Å². The first-order chi connectivity index (χ1) is 7.59. The number of benzene rings is 2. The summed E-state index contributed by atoms with van der Waals surface area (Å²) in [6.45, 7) is 1.86. The fourth-order valence-corrected chi connectivity index (χ4v) is 1.80. The van der Waals surface area contributed by atoms with Crippen LogP contribution in [-0.4, -0.2) is 10.2 Å². The molecule has 0 saturated heterocycles. The number of thiocarbonyl (C=S) groups is 1. The predicted octanol–water partition coefficient (Wildman–Crippen LogP) is 2.51. The van der Waals surface area contributed by atoms with Crippen LogP contribution in [0, 0.1) is 6.92 Å². The number of rotatable bonds is 1. The van der Waals surface area contributed by atoms with Gasteiger partial charge in [0.05, 0.1) is 0 Å². The molecular weight excluding hydrogens is 220 g/mol. The van der Waals surface area contributed by atoms with Gasteiger partial charge in [0.25, 0.3) is 0 Å². The van der Waals surface area contributed by atoms with Gasteiger partial charge in [-0.25, -0.2) is 0 Å². The summed E-state index contributed by atoms with van der Waals surface area (Å²) in [6, 6.07) is 9.38. The van der Waals surface area contributed by atoms with Crippen LogP contribution >= 0.6 is 12.2 Å². The molecule has 0 aliphatic heterocycles. The summed E-state index contributed by atoms with van der Waals surface area (Å²) < 4.78 is 0. The average molecular weight is 232 g/mol. The molecule has 0 aliphatic rings. The molecule has 0 saturated carbocycles. The zero-order chi connectivity index (χ0) is 11.7. The lowest BCUT2D eigenvalue weighted by Crippen LogP contribution is -2.18. The summed E-state index contributed by atoms with van der Waals surface area (Å²) in [6.07, 6.45) is 0. The number of anilines is 1. The van der Waals surface area contributed by atoms with Gasteiger partial charge in [0.2, 0.25) is 0 Å². The molecule has 0 heterocycles. The van der Waals surface area contributed by atoms with Crippen LogP contribution in [0.25, 0.3) is 10.8 Å². The maximum Gasteiger partial charge on any atom is 0.168 e. The van der Waals surface area contributed by atoms with Crippen LogP contribution in [0.5, 0.6) is 5.75 Å². The minimum absolute atomic E-state index is 0.215. The topological polar surface area (TPSA) is 58.3 Å². The van der Waals surface area contributed by atoms with E-state index in [9.17, 15) is 5.11 Å². The Hall–Kier alpha value is -1.81. The number of fused-ring (bicyclic) bond motifs is 1. The molecule has 0 aliphatic carbocycles. The summed E-state index contributed by atoms with van der Waals surface area (Å²) in [5.41, 5.74) is 7.09. The van der Waals surface area contributed by atoms with Gasteiger partial charge in [0, 0.05) is 16.5 Å². The number of aryl methyl sites for hydroxylation is 1. The minimum atomic E-state index is 0.215. The van der Waals surface area contributed by atoms with E-state index in [-0.39, 0.29) is 5.11 Å². The van der Waals surface area contributed by atoms with Crippen molar-refractivity contribution in [1.29, 1.82) is 0 Å². The standard InChI is InChI=1S/C12H12N2OS/c1-7-5-6-8-9(11(7)15)3-2-4-10(8)14-12(13)16/h2-6,15H,1H3,(H3,13,14,16). The van der Waals surface area contributed by atoms with Gasteiger partial charge in [0.1, 0.15) is 5.75 Å². The molecule has 2 aromatic rings. The van der Waals surface area contributed by atoms with Crippen LogP contribution in [0.2, 0.25) is 0 Å². The van der Waals surface area contributed by atoms with E-state index in [1.54, 1.807) is 0 Å². The maximum absolute atomic E-state index is 9.92. The van der Waals surface area contributed by atoms with Gasteiger partial charge in [-0.2, -0.15) is 0 Å². The van der Waals surface area contributed by atoms with E-state index in [0.717, 1.165) is 22.0 Å². The molecule has 0 unspecified atom stereocenters. The molecule has 0 bridgehead atoms. The third kappa shape index (κ3) is 1.79. The number of aromatic hydroxyl groups is 1. The molecule has 4 N–H and O–H groups in total. The van der Waals surface area contributed by atoms with E-state index in [1.165, 1.54) is 0 Å². The van der Waals surface area contributed by atoms with Crippen LogP contribution in [-0.2, 0) is 0 Å². The Labute approximate surface area is 98.9 Å². The maximum atomic E-state index is 9.92. The quantitative estimate of drug-likeness (QED) is 0.661. The predicted molar refractivity (Wildman–Crippen MR) is 70.8 cm³/mol. The highest BCUT2D eigenvalue weighted by molar-refractivity contribution is 7.80. The Bertz CT molecular complexity index is 566. The number of nitrogens with one attached hydrogen (secondary N) is 1. The summed E-state index contributed by atoms with van der Waals surface area (Å²) in [4.78, 5) is 0. The average Bonchev–Trinajstić information content (AvgIpc) is 2.23. The van der Waals surface area contributed by atoms with Crippen molar-refractivity contribution in [3.05, 3.63) is 35.9 Å². The van der Waals surface area contributed by atoms with E-state index in [2.05, 4.69) is 5.32 Å². The van der Waals surface area contributed by atoms with Gasteiger partial charge in [-0.3, -0.25) is 0 Å². The summed E-state index contributed by atoms with van der Waals surface area (Å²) >= 11 is 4.80. The van der Waals surface area contributed by atoms with Crippen molar-refractivity contribution < 1.29 is 5.11 Å². The van der Waals surface area contributed by atoms with Crippen molar-refractivity contribution in [1.82, 2.24) is 0 Å². The lowest BCUT2D eigenvalue weighted by molar-refractivity contribution is 0.477. The zero-order valence-corrected chi connectivity index (χ0v) is 9.64. The second-order valence-corrected chi connectivity index (χ2v) is 4.06. The van der Waals surface area contributed by atoms with Crippen LogP contribution in [0.3, 0.4) is 0 Å². The van der Waals surface area contributed by atoms with Gasteiger partial charge in [-0.1, -0.05) is 24.3 Å². The lowest BCUT2D eigenvalue weighted by Gasteiger charge is -2.10. The Morgan fingerprint density at radius 3 is 2.69 bits per heavy atom.